The van der Waals surface area contributed by atoms with Gasteiger partial charge in [-0.3, -0.25) is 9.36 Å². The van der Waals surface area contributed by atoms with Gasteiger partial charge in [-0.15, -0.1) is 0 Å². The summed E-state index contributed by atoms with van der Waals surface area (Å²) in [5.41, 5.74) is 9.49. The molecule has 1 fully saturated rings. The summed E-state index contributed by atoms with van der Waals surface area (Å²) < 4.78 is 14.6. The zero-order valence-corrected chi connectivity index (χ0v) is 24.3. The van der Waals surface area contributed by atoms with Crippen molar-refractivity contribution >= 4 is 34.7 Å². The smallest absolute Gasteiger partial charge is 0.252 e. The molecule has 1 unspecified atom stereocenters. The van der Waals surface area contributed by atoms with Crippen molar-refractivity contribution in [2.24, 2.45) is 0 Å². The van der Waals surface area contributed by atoms with Gasteiger partial charge in [-0.25, -0.2) is 9.97 Å². The molecule has 6 rings (SSSR count). The molecule has 45 heavy (non-hydrogen) atoms. The molecule has 1 saturated heterocycles. The Balaban J connectivity index is 1.34. The summed E-state index contributed by atoms with van der Waals surface area (Å²) in [4.78, 5) is 30.9. The second-order valence-corrected chi connectivity index (χ2v) is 10.6. The van der Waals surface area contributed by atoms with Crippen molar-refractivity contribution in [2.75, 3.05) is 29.5 Å². The molecule has 5 aromatic rings. The van der Waals surface area contributed by atoms with Gasteiger partial charge < -0.3 is 36.6 Å². The van der Waals surface area contributed by atoms with Crippen molar-refractivity contribution in [2.45, 2.75) is 43.9 Å². The van der Waals surface area contributed by atoms with Crippen LogP contribution in [0.25, 0.3) is 11.2 Å². The Morgan fingerprint density at radius 2 is 1.71 bits per heavy atom. The van der Waals surface area contributed by atoms with E-state index in [0.29, 0.717) is 35.0 Å². The molecule has 0 radical (unpaired) electrons. The van der Waals surface area contributed by atoms with Crippen molar-refractivity contribution in [3.63, 3.8) is 0 Å². The van der Waals surface area contributed by atoms with Crippen LogP contribution in [0.1, 0.15) is 37.2 Å². The summed E-state index contributed by atoms with van der Waals surface area (Å²) in [7, 11) is 0. The Morgan fingerprint density at radius 1 is 0.978 bits per heavy atom. The predicted molar refractivity (Wildman–Crippen MR) is 169 cm³/mol. The topological polar surface area (TPSA) is 185 Å². The number of likely N-dealkylation sites (N-methyl/N-ethyl adjacent to an activating group) is 1. The molecule has 4 atom stereocenters. The Kier molecular flexibility index (Phi) is 8.44. The number of nitrogens with two attached hydrogens (primary N) is 1. The van der Waals surface area contributed by atoms with E-state index in [1.165, 1.54) is 10.9 Å². The number of aliphatic hydroxyl groups is 2. The average Bonchev–Trinajstić information content (AvgIpc) is 3.63. The fourth-order valence-electron chi connectivity index (χ4n) is 5.40. The minimum Gasteiger partial charge on any atom is -0.387 e. The van der Waals surface area contributed by atoms with Crippen molar-refractivity contribution < 1.29 is 21.1 Å². The number of nitrogens with one attached hydrogen (secondary N) is 3. The number of ether oxygens (including phenoxy) is 1. The third-order valence-corrected chi connectivity index (χ3v) is 7.62. The summed E-state index contributed by atoms with van der Waals surface area (Å²) in [5, 5.41) is 30.8. The maximum Gasteiger partial charge on any atom is 0.252 e. The quantitative estimate of drug-likeness (QED) is 0.129. The van der Waals surface area contributed by atoms with Gasteiger partial charge in [0.2, 0.25) is 5.95 Å². The molecule has 3 aromatic heterocycles. The minimum absolute atomic E-state index is 0.0134. The number of aromatic nitrogens is 5. The SMILES string of the molecule is [2H]CCNC(=O)[C@H]1OC(n2cnc3c(NCC(c4ccccc4)c4ccccc4)nc(NCc4cccc(N)n4)nc32)[C@H](O)[C@@H]1O. The molecule has 2 aromatic carbocycles. The molecule has 13 nitrogen and oxygen atoms in total. The summed E-state index contributed by atoms with van der Waals surface area (Å²) in [6, 6.07) is 25.6. The molecule has 0 saturated carbocycles. The number of fused-ring (bicyclic) bond motifs is 1. The average molecular weight is 611 g/mol. The number of amides is 1. The Morgan fingerprint density at radius 3 is 2.40 bits per heavy atom. The molecule has 1 aliphatic rings. The van der Waals surface area contributed by atoms with E-state index < -0.39 is 30.4 Å². The van der Waals surface area contributed by atoms with E-state index in [-0.39, 0.29) is 31.9 Å². The third-order valence-electron chi connectivity index (χ3n) is 7.62. The number of pyridine rings is 1. The van der Waals surface area contributed by atoms with Crippen LogP contribution in [0.4, 0.5) is 17.6 Å². The number of hydrogen-bond donors (Lipinski definition) is 6. The van der Waals surface area contributed by atoms with Crippen LogP contribution >= 0.6 is 0 Å². The van der Waals surface area contributed by atoms with Crippen LogP contribution in [0.5, 0.6) is 0 Å². The standard InChI is InChI=1S/C32H35N9O4/c1-2-34-30(44)27-25(42)26(43)31(45-27)41-18-37-24-28(39-32(40-29(24)41)36-16-21-14-9-15-23(33)38-21)35-17-22(19-10-5-3-6-11-19)20-12-7-4-8-13-20/h3-15,18,22,25-27,31,42-43H,2,16-17H2,1H3,(H2,33,38)(H,34,44)(H2,35,36,39,40)/t25-,26+,27-,31?/m0/s1/i1D. The van der Waals surface area contributed by atoms with Crippen LogP contribution in [0.2, 0.25) is 0 Å². The highest BCUT2D eigenvalue weighted by Gasteiger charge is 2.47. The lowest BCUT2D eigenvalue weighted by Crippen LogP contribution is -2.42. The number of carbonyl (C=O) groups excluding carboxylic acids is 1. The number of benzene rings is 2. The summed E-state index contributed by atoms with van der Waals surface area (Å²) in [6.45, 7) is 0.811. The zero-order chi connectivity index (χ0) is 32.0. The van der Waals surface area contributed by atoms with Gasteiger partial charge in [0.1, 0.15) is 18.0 Å². The lowest BCUT2D eigenvalue weighted by atomic mass is 9.91. The van der Waals surface area contributed by atoms with Gasteiger partial charge >= 0.3 is 0 Å². The number of hydrogen-bond acceptors (Lipinski definition) is 11. The lowest BCUT2D eigenvalue weighted by Gasteiger charge is -2.20. The highest BCUT2D eigenvalue weighted by atomic mass is 16.6. The summed E-state index contributed by atoms with van der Waals surface area (Å²) in [6.07, 6.45) is -4.03. The van der Waals surface area contributed by atoms with Gasteiger partial charge in [-0.1, -0.05) is 66.7 Å². The van der Waals surface area contributed by atoms with E-state index in [4.69, 9.17) is 16.8 Å². The van der Waals surface area contributed by atoms with E-state index >= 15 is 0 Å². The molecule has 4 heterocycles. The Hall–Kier alpha value is -5.11. The van der Waals surface area contributed by atoms with Crippen molar-refractivity contribution in [3.8, 4) is 0 Å². The molecular weight excluding hydrogens is 574 g/mol. The number of nitrogens with zero attached hydrogens (tertiary/aromatic N) is 5. The van der Waals surface area contributed by atoms with Crippen LogP contribution in [-0.2, 0) is 16.1 Å². The van der Waals surface area contributed by atoms with Gasteiger partial charge in [0, 0.05) is 20.4 Å². The van der Waals surface area contributed by atoms with Crippen LogP contribution < -0.4 is 21.7 Å². The fourth-order valence-corrected chi connectivity index (χ4v) is 5.40. The van der Waals surface area contributed by atoms with E-state index in [0.717, 1.165) is 11.1 Å². The predicted octanol–water partition coefficient (Wildman–Crippen LogP) is 2.41. The minimum atomic E-state index is -1.50. The number of anilines is 3. The van der Waals surface area contributed by atoms with E-state index in [1.54, 1.807) is 12.1 Å². The van der Waals surface area contributed by atoms with Gasteiger partial charge in [0.25, 0.3) is 5.91 Å². The summed E-state index contributed by atoms with van der Waals surface area (Å²) in [5.74, 6) is 0.431. The van der Waals surface area contributed by atoms with E-state index in [2.05, 4.69) is 55.2 Å². The molecule has 1 amide bonds. The number of nitrogen functional groups attached to an aromatic ring is 1. The van der Waals surface area contributed by atoms with Gasteiger partial charge in [0.05, 0.1) is 18.6 Å². The highest BCUT2D eigenvalue weighted by Crippen LogP contribution is 2.34. The van der Waals surface area contributed by atoms with Crippen LogP contribution in [0, 0.1) is 0 Å². The number of rotatable bonds is 11. The van der Waals surface area contributed by atoms with Crippen molar-refractivity contribution in [1.82, 2.24) is 29.8 Å². The van der Waals surface area contributed by atoms with Gasteiger partial charge in [-0.2, -0.15) is 9.97 Å². The molecule has 0 bridgehead atoms. The molecule has 0 aliphatic carbocycles. The first kappa shape index (κ1) is 28.6. The molecule has 7 N–H and O–H groups in total. The van der Waals surface area contributed by atoms with Crippen LogP contribution in [0.15, 0.2) is 85.2 Å². The number of aliphatic hydroxyl groups excluding tert-OH is 2. The lowest BCUT2D eigenvalue weighted by molar-refractivity contribution is -0.137. The molecule has 13 heteroatoms. The monoisotopic (exact) mass is 610 g/mol. The van der Waals surface area contributed by atoms with Gasteiger partial charge in [-0.05, 0) is 30.2 Å². The highest BCUT2D eigenvalue weighted by molar-refractivity contribution is 5.85. The first-order valence-corrected chi connectivity index (χ1v) is 14.5. The third kappa shape index (κ3) is 6.41. The van der Waals surface area contributed by atoms with E-state index in [1.807, 2.05) is 42.5 Å². The summed E-state index contributed by atoms with van der Waals surface area (Å²) >= 11 is 0. The second kappa shape index (κ2) is 13.3. The first-order chi connectivity index (χ1) is 22.4. The Bertz CT molecular complexity index is 1740. The van der Waals surface area contributed by atoms with Crippen LogP contribution in [-0.4, -0.2) is 72.0 Å². The molecule has 1 aliphatic heterocycles. The largest absolute Gasteiger partial charge is 0.387 e. The van der Waals surface area contributed by atoms with E-state index in [9.17, 15) is 15.0 Å². The van der Waals surface area contributed by atoms with Gasteiger partial charge in [0.15, 0.2) is 29.3 Å². The normalized spacial score (nSPS) is 19.8. The van der Waals surface area contributed by atoms with Crippen molar-refractivity contribution in [1.29, 1.82) is 0 Å². The maximum atomic E-state index is 12.6. The number of imidazole rings is 1. The molecular formula is C32H35N9O4. The fraction of sp³-hybridized carbons (Fsp3) is 0.281. The zero-order valence-electron chi connectivity index (χ0n) is 25.3. The van der Waals surface area contributed by atoms with Crippen molar-refractivity contribution in [3.05, 3.63) is 102 Å². The second-order valence-electron chi connectivity index (χ2n) is 10.6. The first-order valence-electron chi connectivity index (χ1n) is 15.3. The molecule has 0 spiro atoms. The molecule has 232 valence electrons. The number of carbonyl (C=O) groups is 1. The maximum absolute atomic E-state index is 12.6. The van der Waals surface area contributed by atoms with Crippen LogP contribution in [0.3, 0.4) is 0 Å². The Labute approximate surface area is 260 Å².